The molecule has 2 aromatic rings. The zero-order valence-corrected chi connectivity index (χ0v) is 14.6. The zero-order chi connectivity index (χ0) is 15.5. The van der Waals surface area contributed by atoms with Crippen LogP contribution in [0, 0.1) is 12.8 Å². The van der Waals surface area contributed by atoms with Crippen molar-refractivity contribution in [3.05, 3.63) is 40.5 Å². The molecule has 1 fully saturated rings. The highest BCUT2D eigenvalue weighted by Crippen LogP contribution is 2.24. The molecule has 1 saturated heterocycles. The van der Waals surface area contributed by atoms with Gasteiger partial charge in [0.1, 0.15) is 5.82 Å². The Hall–Kier alpha value is -1.62. The van der Waals surface area contributed by atoms with E-state index >= 15 is 0 Å². The summed E-state index contributed by atoms with van der Waals surface area (Å²) in [5.41, 5.74) is 2.19. The third kappa shape index (κ3) is 3.58. The molecule has 4 nitrogen and oxygen atoms in total. The van der Waals surface area contributed by atoms with Crippen LogP contribution in [-0.4, -0.2) is 23.1 Å². The van der Waals surface area contributed by atoms with Crippen molar-refractivity contribution < 1.29 is 0 Å². The van der Waals surface area contributed by atoms with Crippen LogP contribution in [-0.2, 0) is 0 Å². The van der Waals surface area contributed by atoms with E-state index in [9.17, 15) is 0 Å². The molecule has 1 aromatic carbocycles. The summed E-state index contributed by atoms with van der Waals surface area (Å²) < 4.78 is 1.11. The summed E-state index contributed by atoms with van der Waals surface area (Å²) in [6.45, 7) is 6.55. The third-order valence-electron chi connectivity index (χ3n) is 4.16. The molecule has 0 aliphatic carbocycles. The van der Waals surface area contributed by atoms with Gasteiger partial charge in [0.15, 0.2) is 0 Å². The summed E-state index contributed by atoms with van der Waals surface area (Å²) in [4.78, 5) is 11.3. The number of aromatic nitrogens is 2. The molecule has 2 heterocycles. The Labute approximate surface area is 140 Å². The predicted molar refractivity (Wildman–Crippen MR) is 94.8 cm³/mol. The largest absolute Gasteiger partial charge is 0.356 e. The molecule has 0 amide bonds. The fraction of sp³-hybridized carbons (Fsp3) is 0.412. The molecule has 0 spiro atoms. The number of nitrogens with zero attached hydrogens (tertiary/aromatic N) is 3. The average molecular weight is 361 g/mol. The quantitative estimate of drug-likeness (QED) is 0.872. The number of hydrogen-bond donors (Lipinski definition) is 1. The minimum Gasteiger partial charge on any atom is -0.356 e. The van der Waals surface area contributed by atoms with Gasteiger partial charge in [0, 0.05) is 29.4 Å². The van der Waals surface area contributed by atoms with Gasteiger partial charge in [0.2, 0.25) is 5.95 Å². The summed E-state index contributed by atoms with van der Waals surface area (Å²) in [6, 6.07) is 8.14. The van der Waals surface area contributed by atoms with Gasteiger partial charge in [-0.2, -0.15) is 4.98 Å². The first kappa shape index (κ1) is 15.3. The number of anilines is 3. The molecular formula is C17H21BrN4. The van der Waals surface area contributed by atoms with Crippen LogP contribution in [0.1, 0.15) is 25.3 Å². The lowest BCUT2D eigenvalue weighted by atomic mass is 9.99. The third-order valence-corrected chi connectivity index (χ3v) is 5.05. The topological polar surface area (TPSA) is 41.1 Å². The fourth-order valence-electron chi connectivity index (χ4n) is 2.67. The van der Waals surface area contributed by atoms with Crippen molar-refractivity contribution in [1.82, 2.24) is 9.97 Å². The lowest BCUT2D eigenvalue weighted by Crippen LogP contribution is -2.33. The number of piperidine rings is 1. The first-order valence-corrected chi connectivity index (χ1v) is 8.52. The molecule has 1 aliphatic heterocycles. The van der Waals surface area contributed by atoms with E-state index < -0.39 is 0 Å². The van der Waals surface area contributed by atoms with Crippen LogP contribution in [0.5, 0.6) is 0 Å². The van der Waals surface area contributed by atoms with Crippen LogP contribution in [0.4, 0.5) is 17.5 Å². The summed E-state index contributed by atoms with van der Waals surface area (Å²) in [6.07, 6.45) is 4.30. The standard InChI is InChI=1S/C17H21BrN4/c1-12-6-9-22(10-7-12)16-5-8-19-17(21-16)20-14-3-4-15(18)13(2)11-14/h3-5,8,11-12H,6-7,9-10H2,1-2H3,(H,19,20,21). The van der Waals surface area contributed by atoms with E-state index in [0.717, 1.165) is 35.0 Å². The molecule has 5 heteroatoms. The van der Waals surface area contributed by atoms with Gasteiger partial charge >= 0.3 is 0 Å². The summed E-state index contributed by atoms with van der Waals surface area (Å²) in [7, 11) is 0. The van der Waals surface area contributed by atoms with E-state index in [-0.39, 0.29) is 0 Å². The Balaban J connectivity index is 1.74. The average Bonchev–Trinajstić information content (AvgIpc) is 2.52. The van der Waals surface area contributed by atoms with Crippen LogP contribution in [0.2, 0.25) is 0 Å². The maximum atomic E-state index is 4.66. The Kier molecular flexibility index (Phi) is 4.62. The molecule has 0 bridgehead atoms. The first-order chi connectivity index (χ1) is 10.6. The molecule has 0 atom stereocenters. The molecule has 0 radical (unpaired) electrons. The van der Waals surface area contributed by atoms with Crippen LogP contribution in [0.25, 0.3) is 0 Å². The van der Waals surface area contributed by atoms with Gasteiger partial charge in [0.05, 0.1) is 0 Å². The van der Waals surface area contributed by atoms with E-state index in [1.54, 1.807) is 0 Å². The summed E-state index contributed by atoms with van der Waals surface area (Å²) in [5.74, 6) is 2.48. The van der Waals surface area contributed by atoms with E-state index in [4.69, 9.17) is 0 Å². The van der Waals surface area contributed by atoms with Gasteiger partial charge in [-0.1, -0.05) is 22.9 Å². The Morgan fingerprint density at radius 1 is 1.23 bits per heavy atom. The van der Waals surface area contributed by atoms with Gasteiger partial charge in [-0.3, -0.25) is 0 Å². The van der Waals surface area contributed by atoms with Crippen molar-refractivity contribution >= 4 is 33.4 Å². The molecule has 0 unspecified atom stereocenters. The Bertz CT molecular complexity index is 651. The lowest BCUT2D eigenvalue weighted by Gasteiger charge is -2.31. The maximum Gasteiger partial charge on any atom is 0.229 e. The number of benzene rings is 1. The fourth-order valence-corrected chi connectivity index (χ4v) is 2.92. The molecule has 3 rings (SSSR count). The molecule has 1 N–H and O–H groups in total. The molecule has 116 valence electrons. The van der Waals surface area contributed by atoms with E-state index in [0.29, 0.717) is 5.95 Å². The molecule has 1 aromatic heterocycles. The number of rotatable bonds is 3. The normalized spacial score (nSPS) is 15.9. The highest BCUT2D eigenvalue weighted by molar-refractivity contribution is 9.10. The number of hydrogen-bond acceptors (Lipinski definition) is 4. The SMILES string of the molecule is Cc1cc(Nc2nccc(N3CCC(C)CC3)n2)ccc1Br. The van der Waals surface area contributed by atoms with Gasteiger partial charge in [-0.25, -0.2) is 4.98 Å². The minimum atomic E-state index is 0.651. The number of nitrogens with one attached hydrogen (secondary N) is 1. The van der Waals surface area contributed by atoms with E-state index in [1.807, 2.05) is 24.4 Å². The molecule has 1 aliphatic rings. The lowest BCUT2D eigenvalue weighted by molar-refractivity contribution is 0.436. The second-order valence-corrected chi connectivity index (χ2v) is 6.85. The minimum absolute atomic E-state index is 0.651. The molecule has 0 saturated carbocycles. The monoisotopic (exact) mass is 360 g/mol. The highest BCUT2D eigenvalue weighted by Gasteiger charge is 2.17. The van der Waals surface area contributed by atoms with Gasteiger partial charge in [-0.05, 0) is 55.5 Å². The first-order valence-electron chi connectivity index (χ1n) is 7.73. The van der Waals surface area contributed by atoms with Crippen LogP contribution in [0.3, 0.4) is 0 Å². The van der Waals surface area contributed by atoms with Crippen LogP contribution >= 0.6 is 15.9 Å². The van der Waals surface area contributed by atoms with Gasteiger partial charge < -0.3 is 10.2 Å². The second kappa shape index (κ2) is 6.65. The number of halogens is 1. The predicted octanol–water partition coefficient (Wildman–Crippen LogP) is 4.53. The Morgan fingerprint density at radius 3 is 2.73 bits per heavy atom. The number of aryl methyl sites for hydroxylation is 1. The van der Waals surface area contributed by atoms with E-state index in [2.05, 4.69) is 56.0 Å². The highest BCUT2D eigenvalue weighted by atomic mass is 79.9. The van der Waals surface area contributed by atoms with Crippen molar-refractivity contribution in [3.8, 4) is 0 Å². The zero-order valence-electron chi connectivity index (χ0n) is 13.0. The van der Waals surface area contributed by atoms with Crippen molar-refractivity contribution in [2.45, 2.75) is 26.7 Å². The Morgan fingerprint density at radius 2 is 2.00 bits per heavy atom. The molecular weight excluding hydrogens is 340 g/mol. The van der Waals surface area contributed by atoms with Gasteiger partial charge in [0.25, 0.3) is 0 Å². The van der Waals surface area contributed by atoms with Gasteiger partial charge in [-0.15, -0.1) is 0 Å². The van der Waals surface area contributed by atoms with Crippen molar-refractivity contribution in [1.29, 1.82) is 0 Å². The van der Waals surface area contributed by atoms with Crippen LogP contribution in [0.15, 0.2) is 34.9 Å². The second-order valence-electron chi connectivity index (χ2n) is 6.00. The summed E-state index contributed by atoms with van der Waals surface area (Å²) >= 11 is 3.52. The van der Waals surface area contributed by atoms with Crippen molar-refractivity contribution in [3.63, 3.8) is 0 Å². The summed E-state index contributed by atoms with van der Waals surface area (Å²) in [5, 5.41) is 3.29. The smallest absolute Gasteiger partial charge is 0.229 e. The molecule has 22 heavy (non-hydrogen) atoms. The van der Waals surface area contributed by atoms with Crippen molar-refractivity contribution in [2.24, 2.45) is 5.92 Å². The van der Waals surface area contributed by atoms with Crippen LogP contribution < -0.4 is 10.2 Å². The van der Waals surface area contributed by atoms with E-state index in [1.165, 1.54) is 18.4 Å². The van der Waals surface area contributed by atoms with Crippen molar-refractivity contribution in [2.75, 3.05) is 23.3 Å². The maximum absolute atomic E-state index is 4.66.